The van der Waals surface area contributed by atoms with Crippen LogP contribution < -0.4 is 19.7 Å². The Hall–Kier alpha value is -1.42. The number of fused-ring (bicyclic) bond motifs is 1. The van der Waals surface area contributed by atoms with Crippen molar-refractivity contribution in [1.29, 1.82) is 0 Å². The molecule has 2 rings (SSSR count). The van der Waals surface area contributed by atoms with E-state index >= 15 is 0 Å². The van der Waals surface area contributed by atoms with Crippen molar-refractivity contribution in [3.05, 3.63) is 18.2 Å². The Morgan fingerprint density at radius 3 is 2.88 bits per heavy atom. The van der Waals surface area contributed by atoms with E-state index in [0.29, 0.717) is 6.04 Å². The van der Waals surface area contributed by atoms with Crippen molar-refractivity contribution in [3.8, 4) is 11.5 Å². The zero-order valence-corrected chi connectivity index (χ0v) is 10.9. The van der Waals surface area contributed by atoms with Gasteiger partial charge in [-0.05, 0) is 26.1 Å². The normalized spacial score (nSPS) is 22.9. The van der Waals surface area contributed by atoms with E-state index in [1.165, 1.54) is 0 Å². The lowest BCUT2D eigenvalue weighted by Crippen LogP contribution is -2.50. The van der Waals surface area contributed by atoms with Crippen molar-refractivity contribution >= 4 is 5.69 Å². The van der Waals surface area contributed by atoms with Crippen molar-refractivity contribution in [2.24, 2.45) is 0 Å². The summed E-state index contributed by atoms with van der Waals surface area (Å²) in [6.45, 7) is 3.02. The summed E-state index contributed by atoms with van der Waals surface area (Å²) in [5.74, 6) is 1.78. The Labute approximate surface area is 103 Å². The van der Waals surface area contributed by atoms with Crippen molar-refractivity contribution in [2.45, 2.75) is 19.1 Å². The molecule has 94 valence electrons. The maximum Gasteiger partial charge on any atom is 0.143 e. The third-order valence-electron chi connectivity index (χ3n) is 3.38. The second kappa shape index (κ2) is 4.84. The molecule has 0 fully saturated rings. The molecule has 1 aromatic carbocycles. The predicted molar refractivity (Wildman–Crippen MR) is 69.2 cm³/mol. The molecule has 1 aliphatic heterocycles. The molecule has 17 heavy (non-hydrogen) atoms. The monoisotopic (exact) mass is 236 g/mol. The summed E-state index contributed by atoms with van der Waals surface area (Å²) in [6.07, 6.45) is 0.172. The molecular formula is C13H20N2O2. The van der Waals surface area contributed by atoms with Crippen LogP contribution >= 0.6 is 0 Å². The fourth-order valence-electron chi connectivity index (χ4n) is 2.14. The standard InChI is InChI=1S/C13H20N2O2/c1-9-13(8-14-2)17-12-6-5-10(16-4)7-11(12)15(9)3/h5-7,9,13-14H,8H2,1-4H3. The molecule has 0 saturated heterocycles. The zero-order chi connectivity index (χ0) is 12.4. The number of hydrogen-bond donors (Lipinski definition) is 1. The molecular weight excluding hydrogens is 216 g/mol. The van der Waals surface area contributed by atoms with Crippen molar-refractivity contribution in [3.63, 3.8) is 0 Å². The summed E-state index contributed by atoms with van der Waals surface area (Å²) >= 11 is 0. The lowest BCUT2D eigenvalue weighted by Gasteiger charge is -2.39. The smallest absolute Gasteiger partial charge is 0.143 e. The van der Waals surface area contributed by atoms with E-state index in [0.717, 1.165) is 23.7 Å². The molecule has 0 aromatic heterocycles. The highest BCUT2D eigenvalue weighted by molar-refractivity contribution is 5.63. The third-order valence-corrected chi connectivity index (χ3v) is 3.38. The zero-order valence-electron chi connectivity index (χ0n) is 10.9. The Morgan fingerprint density at radius 1 is 1.47 bits per heavy atom. The number of benzene rings is 1. The average Bonchev–Trinajstić information content (AvgIpc) is 2.35. The lowest BCUT2D eigenvalue weighted by molar-refractivity contribution is 0.160. The summed E-state index contributed by atoms with van der Waals surface area (Å²) in [5, 5.41) is 3.17. The molecule has 1 N–H and O–H groups in total. The third kappa shape index (κ3) is 2.17. The van der Waals surface area contributed by atoms with Crippen LogP contribution in [0.4, 0.5) is 5.69 Å². The molecule has 0 radical (unpaired) electrons. The minimum atomic E-state index is 0.172. The number of ether oxygens (including phenoxy) is 2. The van der Waals surface area contributed by atoms with Crippen LogP contribution in [-0.2, 0) is 0 Å². The number of methoxy groups -OCH3 is 1. The number of nitrogens with zero attached hydrogens (tertiary/aromatic N) is 1. The summed E-state index contributed by atoms with van der Waals surface area (Å²) in [5.41, 5.74) is 1.09. The summed E-state index contributed by atoms with van der Waals surface area (Å²) in [7, 11) is 5.71. The fourth-order valence-corrected chi connectivity index (χ4v) is 2.14. The Balaban J connectivity index is 2.31. The topological polar surface area (TPSA) is 33.7 Å². The molecule has 4 nitrogen and oxygen atoms in total. The maximum absolute atomic E-state index is 5.99. The van der Waals surface area contributed by atoms with Crippen LogP contribution in [0, 0.1) is 0 Å². The molecule has 1 heterocycles. The summed E-state index contributed by atoms with van der Waals surface area (Å²) in [6, 6.07) is 6.25. The second-order valence-corrected chi connectivity index (χ2v) is 4.40. The van der Waals surface area contributed by atoms with Gasteiger partial charge in [-0.2, -0.15) is 0 Å². The second-order valence-electron chi connectivity index (χ2n) is 4.40. The quantitative estimate of drug-likeness (QED) is 0.862. The van der Waals surface area contributed by atoms with Gasteiger partial charge in [0.15, 0.2) is 0 Å². The van der Waals surface area contributed by atoms with Crippen LogP contribution in [-0.4, -0.2) is 39.9 Å². The van der Waals surface area contributed by atoms with Gasteiger partial charge in [0, 0.05) is 19.7 Å². The van der Waals surface area contributed by atoms with Gasteiger partial charge in [0.1, 0.15) is 17.6 Å². The van der Waals surface area contributed by atoms with Gasteiger partial charge in [-0.15, -0.1) is 0 Å². The van der Waals surface area contributed by atoms with E-state index in [1.54, 1.807) is 7.11 Å². The molecule has 0 saturated carbocycles. The Kier molecular flexibility index (Phi) is 3.43. The highest BCUT2D eigenvalue weighted by Gasteiger charge is 2.30. The van der Waals surface area contributed by atoms with Gasteiger partial charge >= 0.3 is 0 Å². The van der Waals surface area contributed by atoms with Gasteiger partial charge in [-0.3, -0.25) is 0 Å². The summed E-state index contributed by atoms with van der Waals surface area (Å²) in [4.78, 5) is 2.24. The number of anilines is 1. The molecule has 0 aliphatic carbocycles. The minimum Gasteiger partial charge on any atom is -0.497 e. The van der Waals surface area contributed by atoms with E-state index in [4.69, 9.17) is 9.47 Å². The van der Waals surface area contributed by atoms with Gasteiger partial charge in [-0.25, -0.2) is 0 Å². The van der Waals surface area contributed by atoms with Crippen molar-refractivity contribution in [2.75, 3.05) is 32.6 Å². The van der Waals surface area contributed by atoms with Gasteiger partial charge in [0.2, 0.25) is 0 Å². The molecule has 0 spiro atoms. The Morgan fingerprint density at radius 2 is 2.24 bits per heavy atom. The van der Waals surface area contributed by atoms with Gasteiger partial charge in [-0.1, -0.05) is 0 Å². The highest BCUT2D eigenvalue weighted by atomic mass is 16.5. The molecule has 2 atom stereocenters. The Bertz CT molecular complexity index is 395. The largest absolute Gasteiger partial charge is 0.497 e. The molecule has 0 bridgehead atoms. The molecule has 0 amide bonds. The SMILES string of the molecule is CNCC1Oc2ccc(OC)cc2N(C)C1C. The molecule has 1 aromatic rings. The van der Waals surface area contributed by atoms with Crippen LogP contribution in [0.5, 0.6) is 11.5 Å². The first kappa shape index (κ1) is 12.0. The number of likely N-dealkylation sites (N-methyl/N-ethyl adjacent to an activating group) is 2. The van der Waals surface area contributed by atoms with Crippen LogP contribution in [0.25, 0.3) is 0 Å². The van der Waals surface area contributed by atoms with Crippen LogP contribution in [0.1, 0.15) is 6.92 Å². The van der Waals surface area contributed by atoms with E-state index in [9.17, 15) is 0 Å². The van der Waals surface area contributed by atoms with Crippen LogP contribution in [0.2, 0.25) is 0 Å². The predicted octanol–water partition coefficient (Wildman–Crippen LogP) is 1.50. The van der Waals surface area contributed by atoms with Gasteiger partial charge in [0.05, 0.1) is 18.8 Å². The molecule has 4 heteroatoms. The fraction of sp³-hybridized carbons (Fsp3) is 0.538. The first-order valence-corrected chi connectivity index (χ1v) is 5.89. The van der Waals surface area contributed by atoms with Crippen molar-refractivity contribution in [1.82, 2.24) is 5.32 Å². The van der Waals surface area contributed by atoms with Crippen LogP contribution in [0.15, 0.2) is 18.2 Å². The van der Waals surface area contributed by atoms with E-state index in [1.807, 2.05) is 25.2 Å². The summed E-state index contributed by atoms with van der Waals surface area (Å²) < 4.78 is 11.2. The van der Waals surface area contributed by atoms with E-state index in [-0.39, 0.29) is 6.10 Å². The number of nitrogens with one attached hydrogen (secondary N) is 1. The average molecular weight is 236 g/mol. The number of rotatable bonds is 3. The molecule has 2 unspecified atom stereocenters. The first-order chi connectivity index (χ1) is 8.17. The van der Waals surface area contributed by atoms with Crippen molar-refractivity contribution < 1.29 is 9.47 Å². The number of hydrogen-bond acceptors (Lipinski definition) is 4. The van der Waals surface area contributed by atoms with Gasteiger partial charge in [0.25, 0.3) is 0 Å². The molecule has 1 aliphatic rings. The van der Waals surface area contributed by atoms with E-state index < -0.39 is 0 Å². The highest BCUT2D eigenvalue weighted by Crippen LogP contribution is 2.37. The van der Waals surface area contributed by atoms with Crippen LogP contribution in [0.3, 0.4) is 0 Å². The minimum absolute atomic E-state index is 0.172. The van der Waals surface area contributed by atoms with E-state index in [2.05, 4.69) is 24.2 Å². The lowest BCUT2D eigenvalue weighted by atomic mass is 10.1. The van der Waals surface area contributed by atoms with Gasteiger partial charge < -0.3 is 19.7 Å². The maximum atomic E-state index is 5.99. The first-order valence-electron chi connectivity index (χ1n) is 5.89.